The largest absolute Gasteiger partial charge is 0.345 e. The van der Waals surface area contributed by atoms with Crippen LogP contribution < -0.4 is 0 Å². The van der Waals surface area contributed by atoms with Gasteiger partial charge in [0.15, 0.2) is 0 Å². The molecule has 0 fully saturated rings. The number of benzene rings is 1. The number of nitrogens with zero attached hydrogens (tertiary/aromatic N) is 1. The van der Waals surface area contributed by atoms with Crippen molar-refractivity contribution in [1.29, 1.82) is 0 Å². The normalized spacial score (nSPS) is 10.7. The average Bonchev–Trinajstić information content (AvgIpc) is 2.70. The SMILES string of the molecule is ClCc1cnc(Cc2ccc(Cl)cc2Cl)[nH]1. The Morgan fingerprint density at radius 1 is 1.25 bits per heavy atom. The number of nitrogens with one attached hydrogen (secondary N) is 1. The maximum Gasteiger partial charge on any atom is 0.110 e. The molecular weight excluding hydrogens is 266 g/mol. The summed E-state index contributed by atoms with van der Waals surface area (Å²) in [6, 6.07) is 5.44. The molecule has 0 bridgehead atoms. The van der Waals surface area contributed by atoms with Crippen molar-refractivity contribution in [1.82, 2.24) is 9.97 Å². The predicted octanol–water partition coefficient (Wildman–Crippen LogP) is 4.05. The molecule has 0 radical (unpaired) electrons. The molecule has 2 aromatic rings. The van der Waals surface area contributed by atoms with Gasteiger partial charge < -0.3 is 4.98 Å². The van der Waals surface area contributed by atoms with Gasteiger partial charge in [-0.1, -0.05) is 29.3 Å². The Labute approximate surface area is 109 Å². The fourth-order valence-corrected chi connectivity index (χ4v) is 2.02. The van der Waals surface area contributed by atoms with E-state index in [1.54, 1.807) is 12.3 Å². The molecule has 0 aliphatic rings. The van der Waals surface area contributed by atoms with Crippen molar-refractivity contribution in [2.75, 3.05) is 0 Å². The number of aromatic amines is 1. The number of hydrogen-bond donors (Lipinski definition) is 1. The van der Waals surface area contributed by atoms with E-state index in [9.17, 15) is 0 Å². The fourth-order valence-electron chi connectivity index (χ4n) is 1.41. The lowest BCUT2D eigenvalue weighted by Gasteiger charge is -2.02. The van der Waals surface area contributed by atoms with E-state index in [0.717, 1.165) is 17.1 Å². The van der Waals surface area contributed by atoms with Crippen LogP contribution in [0.4, 0.5) is 0 Å². The lowest BCUT2D eigenvalue weighted by atomic mass is 10.1. The Balaban J connectivity index is 2.20. The van der Waals surface area contributed by atoms with Crippen LogP contribution in [0.2, 0.25) is 10.0 Å². The number of hydrogen-bond acceptors (Lipinski definition) is 1. The van der Waals surface area contributed by atoms with Gasteiger partial charge in [0, 0.05) is 28.4 Å². The summed E-state index contributed by atoms with van der Waals surface area (Å²) >= 11 is 17.6. The molecule has 1 heterocycles. The summed E-state index contributed by atoms with van der Waals surface area (Å²) in [5.41, 5.74) is 1.89. The molecular formula is C11H9Cl3N2. The maximum absolute atomic E-state index is 6.07. The van der Waals surface area contributed by atoms with Gasteiger partial charge in [0.05, 0.1) is 5.88 Å². The van der Waals surface area contributed by atoms with Gasteiger partial charge in [-0.15, -0.1) is 11.6 Å². The summed E-state index contributed by atoms with van der Waals surface area (Å²) in [5, 5.41) is 1.28. The summed E-state index contributed by atoms with van der Waals surface area (Å²) in [4.78, 5) is 7.33. The fraction of sp³-hybridized carbons (Fsp3) is 0.182. The Hall–Kier alpha value is -0.700. The topological polar surface area (TPSA) is 28.7 Å². The standard InChI is InChI=1S/C11H9Cl3N2/c12-5-9-6-15-11(16-9)3-7-1-2-8(13)4-10(7)14/h1-2,4,6H,3,5H2,(H,15,16). The van der Waals surface area contributed by atoms with Crippen LogP contribution >= 0.6 is 34.8 Å². The average molecular weight is 276 g/mol. The van der Waals surface area contributed by atoms with E-state index in [0.29, 0.717) is 22.3 Å². The van der Waals surface area contributed by atoms with Crippen molar-refractivity contribution in [3.05, 3.63) is 51.5 Å². The minimum absolute atomic E-state index is 0.432. The van der Waals surface area contributed by atoms with E-state index in [1.165, 1.54) is 0 Å². The number of halogens is 3. The van der Waals surface area contributed by atoms with Crippen LogP contribution in [0.25, 0.3) is 0 Å². The molecule has 0 aliphatic heterocycles. The van der Waals surface area contributed by atoms with Gasteiger partial charge in [0.25, 0.3) is 0 Å². The number of imidazole rings is 1. The summed E-state index contributed by atoms with van der Waals surface area (Å²) in [6.45, 7) is 0. The molecule has 0 saturated carbocycles. The van der Waals surface area contributed by atoms with E-state index in [1.807, 2.05) is 12.1 Å². The maximum atomic E-state index is 6.07. The number of H-pyrrole nitrogens is 1. The molecule has 0 amide bonds. The zero-order valence-electron chi connectivity index (χ0n) is 8.30. The summed E-state index contributed by atoms with van der Waals surface area (Å²) in [5.74, 6) is 1.28. The quantitative estimate of drug-likeness (QED) is 0.841. The minimum Gasteiger partial charge on any atom is -0.345 e. The molecule has 1 aromatic heterocycles. The molecule has 84 valence electrons. The number of aromatic nitrogens is 2. The monoisotopic (exact) mass is 274 g/mol. The highest BCUT2D eigenvalue weighted by molar-refractivity contribution is 6.35. The van der Waals surface area contributed by atoms with Gasteiger partial charge in [0.2, 0.25) is 0 Å². The van der Waals surface area contributed by atoms with Gasteiger partial charge >= 0.3 is 0 Å². The lowest BCUT2D eigenvalue weighted by molar-refractivity contribution is 1.01. The van der Waals surface area contributed by atoms with E-state index in [-0.39, 0.29) is 0 Å². The second kappa shape index (κ2) is 5.09. The molecule has 2 rings (SSSR count). The van der Waals surface area contributed by atoms with Crippen LogP contribution in [0.5, 0.6) is 0 Å². The zero-order chi connectivity index (χ0) is 11.5. The van der Waals surface area contributed by atoms with Gasteiger partial charge in [0.1, 0.15) is 5.82 Å². The second-order valence-corrected chi connectivity index (χ2v) is 4.51. The number of alkyl halides is 1. The van der Waals surface area contributed by atoms with Crippen LogP contribution in [0.15, 0.2) is 24.4 Å². The van der Waals surface area contributed by atoms with Gasteiger partial charge in [-0.05, 0) is 17.7 Å². The van der Waals surface area contributed by atoms with Crippen molar-refractivity contribution in [2.24, 2.45) is 0 Å². The van der Waals surface area contributed by atoms with E-state index in [2.05, 4.69) is 9.97 Å². The Morgan fingerprint density at radius 2 is 2.06 bits per heavy atom. The molecule has 1 N–H and O–H groups in total. The first-order valence-corrected chi connectivity index (χ1v) is 6.00. The third kappa shape index (κ3) is 2.70. The minimum atomic E-state index is 0.432. The predicted molar refractivity (Wildman–Crippen MR) is 67.4 cm³/mol. The van der Waals surface area contributed by atoms with Gasteiger partial charge in [-0.2, -0.15) is 0 Å². The van der Waals surface area contributed by atoms with Crippen LogP contribution in [0.3, 0.4) is 0 Å². The zero-order valence-corrected chi connectivity index (χ0v) is 10.6. The highest BCUT2D eigenvalue weighted by Gasteiger charge is 2.05. The molecule has 0 atom stereocenters. The summed E-state index contributed by atoms with van der Waals surface area (Å²) < 4.78 is 0. The van der Waals surface area contributed by atoms with E-state index in [4.69, 9.17) is 34.8 Å². The molecule has 16 heavy (non-hydrogen) atoms. The van der Waals surface area contributed by atoms with Crippen LogP contribution in [0.1, 0.15) is 17.1 Å². The summed E-state index contributed by atoms with van der Waals surface area (Å²) in [7, 11) is 0. The van der Waals surface area contributed by atoms with Crippen molar-refractivity contribution in [2.45, 2.75) is 12.3 Å². The Morgan fingerprint density at radius 3 is 2.69 bits per heavy atom. The Kier molecular flexibility index (Phi) is 3.74. The second-order valence-electron chi connectivity index (χ2n) is 3.40. The molecule has 1 aromatic carbocycles. The first kappa shape index (κ1) is 11.8. The van der Waals surface area contributed by atoms with Crippen molar-refractivity contribution >= 4 is 34.8 Å². The molecule has 0 aliphatic carbocycles. The third-order valence-electron chi connectivity index (χ3n) is 2.20. The molecule has 0 unspecified atom stereocenters. The van der Waals surface area contributed by atoms with Crippen molar-refractivity contribution in [3.63, 3.8) is 0 Å². The van der Waals surface area contributed by atoms with Crippen LogP contribution in [0, 0.1) is 0 Å². The Bertz CT molecular complexity index is 494. The summed E-state index contributed by atoms with van der Waals surface area (Å²) in [6.07, 6.45) is 2.37. The van der Waals surface area contributed by atoms with Crippen molar-refractivity contribution < 1.29 is 0 Å². The third-order valence-corrected chi connectivity index (χ3v) is 3.07. The van der Waals surface area contributed by atoms with Crippen LogP contribution in [-0.2, 0) is 12.3 Å². The van der Waals surface area contributed by atoms with Crippen LogP contribution in [-0.4, -0.2) is 9.97 Å². The van der Waals surface area contributed by atoms with Gasteiger partial charge in [-0.25, -0.2) is 4.98 Å². The molecule has 2 nitrogen and oxygen atoms in total. The van der Waals surface area contributed by atoms with Gasteiger partial charge in [-0.3, -0.25) is 0 Å². The smallest absolute Gasteiger partial charge is 0.110 e. The highest BCUT2D eigenvalue weighted by atomic mass is 35.5. The van der Waals surface area contributed by atoms with E-state index < -0.39 is 0 Å². The molecule has 0 saturated heterocycles. The van der Waals surface area contributed by atoms with E-state index >= 15 is 0 Å². The first-order chi connectivity index (χ1) is 7.69. The molecule has 5 heteroatoms. The molecule has 0 spiro atoms. The number of rotatable bonds is 3. The van der Waals surface area contributed by atoms with Crippen molar-refractivity contribution in [3.8, 4) is 0 Å². The lowest BCUT2D eigenvalue weighted by Crippen LogP contribution is -1.92. The highest BCUT2D eigenvalue weighted by Crippen LogP contribution is 2.22. The first-order valence-electron chi connectivity index (χ1n) is 4.71.